The van der Waals surface area contributed by atoms with Gasteiger partial charge in [-0.15, -0.1) is 0 Å². The van der Waals surface area contributed by atoms with Crippen molar-refractivity contribution in [2.24, 2.45) is 0 Å². The third-order valence-corrected chi connectivity index (χ3v) is 3.05. The molecule has 18 heavy (non-hydrogen) atoms. The Morgan fingerprint density at radius 3 is 2.83 bits per heavy atom. The van der Waals surface area contributed by atoms with Gasteiger partial charge in [0, 0.05) is 6.20 Å². The first-order valence-electron chi connectivity index (χ1n) is 5.84. The van der Waals surface area contributed by atoms with E-state index in [0.717, 1.165) is 12.6 Å². The van der Waals surface area contributed by atoms with Gasteiger partial charge in [0.2, 0.25) is 0 Å². The van der Waals surface area contributed by atoms with Crippen LogP contribution in [0.1, 0.15) is 31.4 Å². The Hall–Kier alpha value is -1.47. The van der Waals surface area contributed by atoms with Crippen molar-refractivity contribution in [3.05, 3.63) is 32.6 Å². The molecule has 100 valence electrons. The molecule has 0 aliphatic carbocycles. The van der Waals surface area contributed by atoms with Gasteiger partial charge in [-0.3, -0.25) is 9.78 Å². The normalized spacial score (nSPS) is 31.7. The number of aliphatic hydroxyl groups excluding tert-OH is 1. The Morgan fingerprint density at radius 2 is 2.22 bits per heavy atom. The highest BCUT2D eigenvalue weighted by Gasteiger charge is 2.45. The first-order valence-corrected chi connectivity index (χ1v) is 5.84. The number of ether oxygens (including phenoxy) is 1. The van der Waals surface area contributed by atoms with Gasteiger partial charge in [-0.1, -0.05) is 13.3 Å². The van der Waals surface area contributed by atoms with Crippen molar-refractivity contribution < 1.29 is 14.2 Å². The predicted molar refractivity (Wildman–Crippen MR) is 61.1 cm³/mol. The third kappa shape index (κ3) is 2.23. The standard InChI is InChI=1S/C11H15FN2O4/c1-2-3-6-8(15)7(12)9(18-6)5-4-13-11(17)14-10(5)16/h4,6-9,15H,2-3H2,1H3,(H2,13,14,16,17). The zero-order valence-electron chi connectivity index (χ0n) is 9.85. The summed E-state index contributed by atoms with van der Waals surface area (Å²) in [6, 6.07) is 0. The minimum Gasteiger partial charge on any atom is -0.387 e. The van der Waals surface area contributed by atoms with Crippen LogP contribution in [-0.2, 0) is 4.74 Å². The van der Waals surface area contributed by atoms with E-state index in [2.05, 4.69) is 4.98 Å². The van der Waals surface area contributed by atoms with Gasteiger partial charge in [0.15, 0.2) is 6.17 Å². The van der Waals surface area contributed by atoms with Crippen molar-refractivity contribution in [2.45, 2.75) is 44.2 Å². The van der Waals surface area contributed by atoms with Crippen LogP contribution >= 0.6 is 0 Å². The molecule has 0 bridgehead atoms. The van der Waals surface area contributed by atoms with Crippen molar-refractivity contribution in [3.63, 3.8) is 0 Å². The van der Waals surface area contributed by atoms with Gasteiger partial charge < -0.3 is 14.8 Å². The molecule has 7 heteroatoms. The lowest BCUT2D eigenvalue weighted by Gasteiger charge is -2.12. The molecule has 2 rings (SSSR count). The van der Waals surface area contributed by atoms with E-state index >= 15 is 0 Å². The van der Waals surface area contributed by atoms with Crippen LogP contribution in [0.15, 0.2) is 15.8 Å². The molecular weight excluding hydrogens is 243 g/mol. The van der Waals surface area contributed by atoms with Crippen LogP contribution in [0.25, 0.3) is 0 Å². The fourth-order valence-corrected chi connectivity index (χ4v) is 2.13. The van der Waals surface area contributed by atoms with Crippen LogP contribution in [0.2, 0.25) is 0 Å². The van der Waals surface area contributed by atoms with Crippen molar-refractivity contribution in [1.82, 2.24) is 9.97 Å². The summed E-state index contributed by atoms with van der Waals surface area (Å²) in [6.45, 7) is 1.89. The smallest absolute Gasteiger partial charge is 0.325 e. The van der Waals surface area contributed by atoms with Crippen molar-refractivity contribution in [2.75, 3.05) is 0 Å². The molecule has 0 aromatic carbocycles. The number of aromatic amines is 2. The van der Waals surface area contributed by atoms with Crippen molar-refractivity contribution >= 4 is 0 Å². The highest BCUT2D eigenvalue weighted by molar-refractivity contribution is 5.13. The molecule has 1 fully saturated rings. The number of rotatable bonds is 3. The molecule has 0 radical (unpaired) electrons. The summed E-state index contributed by atoms with van der Waals surface area (Å²) in [6.07, 6.45) is -2.31. The van der Waals surface area contributed by atoms with Gasteiger partial charge >= 0.3 is 5.69 Å². The van der Waals surface area contributed by atoms with E-state index in [1.54, 1.807) is 0 Å². The van der Waals surface area contributed by atoms with Crippen LogP contribution in [0.4, 0.5) is 4.39 Å². The second-order valence-corrected chi connectivity index (χ2v) is 4.35. The largest absolute Gasteiger partial charge is 0.387 e. The monoisotopic (exact) mass is 258 g/mol. The Labute approximate surface area is 102 Å². The zero-order chi connectivity index (χ0) is 13.3. The molecule has 3 N–H and O–H groups in total. The van der Waals surface area contributed by atoms with Crippen molar-refractivity contribution in [3.8, 4) is 0 Å². The maximum atomic E-state index is 13.9. The topological polar surface area (TPSA) is 95.2 Å². The number of aromatic nitrogens is 2. The van der Waals surface area contributed by atoms with Crippen molar-refractivity contribution in [1.29, 1.82) is 0 Å². The van der Waals surface area contributed by atoms with E-state index in [0.29, 0.717) is 6.42 Å². The highest BCUT2D eigenvalue weighted by atomic mass is 19.1. The number of halogens is 1. The number of hydrogen-bond donors (Lipinski definition) is 3. The molecular formula is C11H15FN2O4. The molecule has 0 saturated carbocycles. The molecule has 1 saturated heterocycles. The second kappa shape index (κ2) is 5.03. The maximum absolute atomic E-state index is 13.9. The number of alkyl halides is 1. The van der Waals surface area contributed by atoms with E-state index in [4.69, 9.17) is 4.74 Å². The lowest BCUT2D eigenvalue weighted by atomic mass is 10.0. The summed E-state index contributed by atoms with van der Waals surface area (Å²) in [5.41, 5.74) is -1.38. The molecule has 4 unspecified atom stereocenters. The van der Waals surface area contributed by atoms with Gasteiger partial charge in [-0.05, 0) is 6.42 Å². The van der Waals surface area contributed by atoms with E-state index in [1.165, 1.54) is 0 Å². The first-order chi connectivity index (χ1) is 8.54. The molecule has 1 aliphatic heterocycles. The van der Waals surface area contributed by atoms with Gasteiger partial charge in [-0.2, -0.15) is 0 Å². The third-order valence-electron chi connectivity index (χ3n) is 3.05. The molecule has 1 aliphatic rings. The minimum atomic E-state index is -1.67. The highest BCUT2D eigenvalue weighted by Crippen LogP contribution is 2.35. The SMILES string of the molecule is CCCC1OC(c2c[nH]c(=O)[nH]c2=O)C(F)C1O. The van der Waals surface area contributed by atoms with Crippen LogP contribution in [0.3, 0.4) is 0 Å². The zero-order valence-corrected chi connectivity index (χ0v) is 9.85. The Kier molecular flexibility index (Phi) is 3.63. The van der Waals surface area contributed by atoms with E-state index < -0.39 is 35.7 Å². The lowest BCUT2D eigenvalue weighted by molar-refractivity contribution is 0.00358. The Bertz CT molecular complexity index is 526. The lowest BCUT2D eigenvalue weighted by Crippen LogP contribution is -2.30. The summed E-state index contributed by atoms with van der Waals surface area (Å²) in [7, 11) is 0. The number of hydrogen-bond acceptors (Lipinski definition) is 4. The molecule has 1 aromatic heterocycles. The van der Waals surface area contributed by atoms with Crippen LogP contribution in [-0.4, -0.2) is 33.5 Å². The van der Waals surface area contributed by atoms with Gasteiger partial charge in [0.05, 0.1) is 11.7 Å². The van der Waals surface area contributed by atoms with E-state index in [9.17, 15) is 19.1 Å². The van der Waals surface area contributed by atoms with Gasteiger partial charge in [0.25, 0.3) is 5.56 Å². The van der Waals surface area contributed by atoms with E-state index in [-0.39, 0.29) is 5.56 Å². The fourth-order valence-electron chi connectivity index (χ4n) is 2.13. The molecule has 0 spiro atoms. The summed E-state index contributed by atoms with van der Waals surface area (Å²) in [5, 5.41) is 9.68. The first kappa shape index (κ1) is 13.0. The molecule has 1 aromatic rings. The fraction of sp³-hybridized carbons (Fsp3) is 0.636. The minimum absolute atomic E-state index is 0.0141. The van der Waals surface area contributed by atoms with Gasteiger partial charge in [0.1, 0.15) is 12.2 Å². The van der Waals surface area contributed by atoms with Crippen LogP contribution in [0, 0.1) is 0 Å². The molecule has 6 nitrogen and oxygen atoms in total. The second-order valence-electron chi connectivity index (χ2n) is 4.35. The quantitative estimate of drug-likeness (QED) is 0.711. The average Bonchev–Trinajstić information content (AvgIpc) is 2.58. The predicted octanol–water partition coefficient (Wildman–Crippen LogP) is 0.00220. The molecule has 4 atom stereocenters. The molecule has 0 amide bonds. The molecule has 2 heterocycles. The van der Waals surface area contributed by atoms with Crippen LogP contribution < -0.4 is 11.2 Å². The van der Waals surface area contributed by atoms with Crippen LogP contribution in [0.5, 0.6) is 0 Å². The maximum Gasteiger partial charge on any atom is 0.325 e. The number of nitrogens with one attached hydrogen (secondary N) is 2. The van der Waals surface area contributed by atoms with E-state index in [1.807, 2.05) is 11.9 Å². The Morgan fingerprint density at radius 1 is 1.50 bits per heavy atom. The summed E-state index contributed by atoms with van der Waals surface area (Å²) >= 11 is 0. The average molecular weight is 258 g/mol. The van der Waals surface area contributed by atoms with Gasteiger partial charge in [-0.25, -0.2) is 9.18 Å². The Balaban J connectivity index is 2.29. The summed E-state index contributed by atoms with van der Waals surface area (Å²) in [5.74, 6) is 0. The summed E-state index contributed by atoms with van der Waals surface area (Å²) < 4.78 is 19.3. The number of H-pyrrole nitrogens is 2. The summed E-state index contributed by atoms with van der Waals surface area (Å²) in [4.78, 5) is 26.7. The number of aliphatic hydroxyl groups is 1.